The van der Waals surface area contributed by atoms with Crippen LogP contribution in [0.3, 0.4) is 0 Å². The molecule has 0 unspecified atom stereocenters. The molecule has 0 bridgehead atoms. The Hall–Kier alpha value is -2.16. The van der Waals surface area contributed by atoms with Gasteiger partial charge in [-0.05, 0) is 68.2 Å². The SMILES string of the molecule is CN(C)C[C@@H](NS(=O)(=O)c1ccc(Oc2cccc(F)c2)cc1)c1ccc(Cl)c(Cl)c1. The second-order valence-electron chi connectivity index (χ2n) is 7.14. The summed E-state index contributed by atoms with van der Waals surface area (Å²) in [6.45, 7) is 0.415. The molecule has 0 heterocycles. The lowest BCUT2D eigenvalue weighted by atomic mass is 10.1. The lowest BCUT2D eigenvalue weighted by Gasteiger charge is -2.23. The summed E-state index contributed by atoms with van der Waals surface area (Å²) in [7, 11) is -0.152. The summed E-state index contributed by atoms with van der Waals surface area (Å²) in [4.78, 5) is 1.94. The van der Waals surface area contributed by atoms with Crippen LogP contribution >= 0.6 is 23.2 Å². The molecule has 0 saturated carbocycles. The van der Waals surface area contributed by atoms with Gasteiger partial charge in [0.05, 0.1) is 21.0 Å². The Kier molecular flexibility index (Phi) is 7.56. The minimum atomic E-state index is -3.84. The fourth-order valence-electron chi connectivity index (χ4n) is 2.91. The molecule has 0 aliphatic rings. The lowest BCUT2D eigenvalue weighted by Crippen LogP contribution is -2.35. The van der Waals surface area contributed by atoms with Gasteiger partial charge >= 0.3 is 0 Å². The molecule has 0 radical (unpaired) electrons. The van der Waals surface area contributed by atoms with Crippen molar-refractivity contribution >= 4 is 33.2 Å². The van der Waals surface area contributed by atoms with Crippen molar-refractivity contribution in [3.63, 3.8) is 0 Å². The molecule has 1 N–H and O–H groups in total. The van der Waals surface area contributed by atoms with E-state index in [4.69, 9.17) is 27.9 Å². The molecule has 0 saturated heterocycles. The van der Waals surface area contributed by atoms with E-state index < -0.39 is 21.9 Å². The van der Waals surface area contributed by atoms with Crippen LogP contribution in [0.4, 0.5) is 4.39 Å². The van der Waals surface area contributed by atoms with Crippen LogP contribution in [0.1, 0.15) is 11.6 Å². The highest BCUT2D eigenvalue weighted by molar-refractivity contribution is 7.89. The van der Waals surface area contributed by atoms with Gasteiger partial charge in [0.1, 0.15) is 17.3 Å². The van der Waals surface area contributed by atoms with Crippen LogP contribution in [0.15, 0.2) is 71.6 Å². The summed E-state index contributed by atoms with van der Waals surface area (Å²) in [5, 5.41) is 0.742. The zero-order valence-electron chi connectivity index (χ0n) is 16.8. The highest BCUT2D eigenvalue weighted by Gasteiger charge is 2.23. The average molecular weight is 483 g/mol. The molecule has 9 heteroatoms. The van der Waals surface area contributed by atoms with Crippen LogP contribution in [0.25, 0.3) is 0 Å². The predicted octanol–water partition coefficient (Wildman–Crippen LogP) is 5.51. The summed E-state index contributed by atoms with van der Waals surface area (Å²) in [6, 6.07) is 16.1. The molecule has 0 spiro atoms. The van der Waals surface area contributed by atoms with E-state index >= 15 is 0 Å². The van der Waals surface area contributed by atoms with Gasteiger partial charge in [-0.2, -0.15) is 0 Å². The molecular weight excluding hydrogens is 462 g/mol. The van der Waals surface area contributed by atoms with Crippen LogP contribution in [0, 0.1) is 5.82 Å². The van der Waals surface area contributed by atoms with Gasteiger partial charge in [-0.3, -0.25) is 0 Å². The zero-order valence-corrected chi connectivity index (χ0v) is 19.2. The molecular formula is C22H21Cl2FN2O3S. The first-order chi connectivity index (χ1) is 14.6. The van der Waals surface area contributed by atoms with Crippen molar-refractivity contribution in [2.75, 3.05) is 20.6 Å². The lowest BCUT2D eigenvalue weighted by molar-refractivity contribution is 0.363. The highest BCUT2D eigenvalue weighted by atomic mass is 35.5. The van der Waals surface area contributed by atoms with E-state index in [0.29, 0.717) is 33.7 Å². The summed E-state index contributed by atoms with van der Waals surface area (Å²) >= 11 is 12.1. The number of sulfonamides is 1. The molecule has 3 aromatic rings. The van der Waals surface area contributed by atoms with Gasteiger partial charge in [0, 0.05) is 12.6 Å². The van der Waals surface area contributed by atoms with Gasteiger partial charge < -0.3 is 9.64 Å². The average Bonchev–Trinajstić information content (AvgIpc) is 2.69. The molecule has 3 aromatic carbocycles. The highest BCUT2D eigenvalue weighted by Crippen LogP contribution is 2.28. The quantitative estimate of drug-likeness (QED) is 0.460. The third kappa shape index (κ3) is 6.41. The Labute approximate surface area is 191 Å². The summed E-state index contributed by atoms with van der Waals surface area (Å²) in [5.74, 6) is 0.286. The van der Waals surface area contributed by atoms with Crippen molar-refractivity contribution in [2.45, 2.75) is 10.9 Å². The van der Waals surface area contributed by atoms with Crippen LogP contribution in [-0.4, -0.2) is 34.0 Å². The number of nitrogens with zero attached hydrogens (tertiary/aromatic N) is 1. The molecule has 0 fully saturated rings. The molecule has 5 nitrogen and oxygen atoms in total. The van der Waals surface area contributed by atoms with Crippen molar-refractivity contribution < 1.29 is 17.5 Å². The minimum absolute atomic E-state index is 0.0721. The predicted molar refractivity (Wildman–Crippen MR) is 121 cm³/mol. The topological polar surface area (TPSA) is 58.6 Å². The van der Waals surface area contributed by atoms with E-state index in [1.807, 2.05) is 19.0 Å². The number of hydrogen-bond acceptors (Lipinski definition) is 4. The second-order valence-corrected chi connectivity index (χ2v) is 9.67. The first kappa shape index (κ1) is 23.5. The number of ether oxygens (including phenoxy) is 1. The van der Waals surface area contributed by atoms with Crippen molar-refractivity contribution in [3.05, 3.63) is 88.2 Å². The molecule has 0 aliphatic heterocycles. The maximum Gasteiger partial charge on any atom is 0.241 e. The summed E-state index contributed by atoms with van der Waals surface area (Å²) in [6.07, 6.45) is 0. The Balaban J connectivity index is 1.80. The molecule has 1 atom stereocenters. The largest absolute Gasteiger partial charge is 0.457 e. The van der Waals surface area contributed by atoms with Gasteiger partial charge in [-0.1, -0.05) is 35.3 Å². The Morgan fingerprint density at radius 2 is 1.68 bits per heavy atom. The smallest absolute Gasteiger partial charge is 0.241 e. The van der Waals surface area contributed by atoms with Gasteiger partial charge in [0.15, 0.2) is 0 Å². The van der Waals surface area contributed by atoms with E-state index in [1.54, 1.807) is 24.3 Å². The minimum Gasteiger partial charge on any atom is -0.457 e. The maximum atomic E-state index is 13.3. The normalized spacial score (nSPS) is 12.7. The molecule has 0 aliphatic carbocycles. The van der Waals surface area contributed by atoms with Crippen LogP contribution in [0.5, 0.6) is 11.5 Å². The third-order valence-electron chi connectivity index (χ3n) is 4.36. The zero-order chi connectivity index (χ0) is 22.6. The fourth-order valence-corrected chi connectivity index (χ4v) is 4.44. The van der Waals surface area contributed by atoms with Crippen LogP contribution < -0.4 is 9.46 Å². The second kappa shape index (κ2) is 9.97. The monoisotopic (exact) mass is 482 g/mol. The van der Waals surface area contributed by atoms with Crippen LogP contribution in [-0.2, 0) is 10.0 Å². The van der Waals surface area contributed by atoms with Crippen LogP contribution in [0.2, 0.25) is 10.0 Å². The maximum absolute atomic E-state index is 13.3. The Morgan fingerprint density at radius 1 is 0.968 bits per heavy atom. The first-order valence-corrected chi connectivity index (χ1v) is 11.5. The van der Waals surface area contributed by atoms with Gasteiger partial charge in [-0.25, -0.2) is 17.5 Å². The molecule has 0 amide bonds. The first-order valence-electron chi connectivity index (χ1n) is 9.29. The number of hydrogen-bond donors (Lipinski definition) is 1. The number of nitrogens with one attached hydrogen (secondary N) is 1. The van der Waals surface area contributed by atoms with Gasteiger partial charge in [0.25, 0.3) is 0 Å². The number of benzene rings is 3. The van der Waals surface area contributed by atoms with E-state index in [2.05, 4.69) is 4.72 Å². The van der Waals surface area contributed by atoms with Gasteiger partial charge in [0.2, 0.25) is 10.0 Å². The van der Waals surface area contributed by atoms with E-state index in [0.717, 1.165) is 0 Å². The fraction of sp³-hybridized carbons (Fsp3) is 0.182. The summed E-state index contributed by atoms with van der Waals surface area (Å²) in [5.41, 5.74) is 0.692. The number of likely N-dealkylation sites (N-methyl/N-ethyl adjacent to an activating group) is 1. The van der Waals surface area contributed by atoms with E-state index in [1.165, 1.54) is 42.5 Å². The molecule has 0 aromatic heterocycles. The van der Waals surface area contributed by atoms with Crippen molar-refractivity contribution in [2.24, 2.45) is 0 Å². The third-order valence-corrected chi connectivity index (χ3v) is 6.58. The number of halogens is 3. The van der Waals surface area contributed by atoms with E-state index in [-0.39, 0.29) is 4.90 Å². The number of rotatable bonds is 8. The van der Waals surface area contributed by atoms with Crippen molar-refractivity contribution in [1.29, 1.82) is 0 Å². The Bertz CT molecular complexity index is 1160. The van der Waals surface area contributed by atoms with Gasteiger partial charge in [-0.15, -0.1) is 0 Å². The van der Waals surface area contributed by atoms with Crippen molar-refractivity contribution in [1.82, 2.24) is 9.62 Å². The Morgan fingerprint density at radius 3 is 2.29 bits per heavy atom. The standard InChI is InChI=1S/C22H21Cl2FN2O3S/c1-27(2)14-22(15-6-11-20(23)21(24)12-15)26-31(28,29)19-9-7-17(8-10-19)30-18-5-3-4-16(25)13-18/h3-13,22,26H,14H2,1-2H3/t22-/m1/s1. The molecule has 164 valence electrons. The van der Waals surface area contributed by atoms with Crippen molar-refractivity contribution in [3.8, 4) is 11.5 Å². The van der Waals surface area contributed by atoms with E-state index in [9.17, 15) is 12.8 Å². The molecule has 3 rings (SSSR count). The summed E-state index contributed by atoms with van der Waals surface area (Å²) < 4.78 is 47.6. The molecule has 31 heavy (non-hydrogen) atoms.